The minimum atomic E-state index is 0.724. The molecule has 0 radical (unpaired) electrons. The molecule has 94 valence electrons. The van der Waals surface area contributed by atoms with Crippen LogP contribution in [0.3, 0.4) is 0 Å². The van der Waals surface area contributed by atoms with Crippen molar-refractivity contribution in [3.05, 3.63) is 65.0 Å². The molecule has 2 aromatic heterocycles. The molecule has 1 aromatic carbocycles. The molecule has 0 amide bonds. The standard InChI is InChI=1S/C15H12BrN3/c16-13-7-11(8-17-10-13)9-19-14-5-1-3-12-4-2-6-18-15(12)14/h1-8,10,19H,9H2. The predicted octanol–water partition coefficient (Wildman–Crippen LogP) is 4.00. The lowest BCUT2D eigenvalue weighted by Gasteiger charge is -2.09. The fraction of sp³-hybridized carbons (Fsp3) is 0.0667. The van der Waals surface area contributed by atoms with Crippen molar-refractivity contribution in [2.45, 2.75) is 6.54 Å². The van der Waals surface area contributed by atoms with E-state index in [1.165, 1.54) is 0 Å². The molecule has 0 unspecified atom stereocenters. The van der Waals surface area contributed by atoms with Gasteiger partial charge in [0.1, 0.15) is 0 Å². The van der Waals surface area contributed by atoms with Crippen LogP contribution in [0.5, 0.6) is 0 Å². The SMILES string of the molecule is Brc1cncc(CNc2cccc3cccnc23)c1. The minimum absolute atomic E-state index is 0.724. The van der Waals surface area contributed by atoms with Gasteiger partial charge in [0, 0.05) is 35.0 Å². The van der Waals surface area contributed by atoms with E-state index in [-0.39, 0.29) is 0 Å². The zero-order valence-corrected chi connectivity index (χ0v) is 11.8. The number of rotatable bonds is 3. The van der Waals surface area contributed by atoms with E-state index in [4.69, 9.17) is 0 Å². The lowest BCUT2D eigenvalue weighted by atomic mass is 10.2. The molecule has 0 aliphatic carbocycles. The molecule has 0 aliphatic heterocycles. The summed E-state index contributed by atoms with van der Waals surface area (Å²) in [5.74, 6) is 0. The maximum Gasteiger partial charge on any atom is 0.0933 e. The first-order valence-electron chi connectivity index (χ1n) is 6.00. The summed E-state index contributed by atoms with van der Waals surface area (Å²) in [7, 11) is 0. The summed E-state index contributed by atoms with van der Waals surface area (Å²) in [4.78, 5) is 8.58. The molecule has 0 spiro atoms. The largest absolute Gasteiger partial charge is 0.379 e. The van der Waals surface area contributed by atoms with Gasteiger partial charge in [-0.1, -0.05) is 18.2 Å². The average Bonchev–Trinajstić information content (AvgIpc) is 2.45. The van der Waals surface area contributed by atoms with Gasteiger partial charge in [0.2, 0.25) is 0 Å². The van der Waals surface area contributed by atoms with Crippen molar-refractivity contribution >= 4 is 32.5 Å². The Morgan fingerprint density at radius 3 is 2.89 bits per heavy atom. The van der Waals surface area contributed by atoms with Crippen molar-refractivity contribution in [1.29, 1.82) is 0 Å². The molecule has 1 N–H and O–H groups in total. The Labute approximate surface area is 119 Å². The summed E-state index contributed by atoms with van der Waals surface area (Å²) < 4.78 is 0.989. The van der Waals surface area contributed by atoms with Gasteiger partial charge in [-0.15, -0.1) is 0 Å². The van der Waals surface area contributed by atoms with E-state index in [0.29, 0.717) is 0 Å². The number of anilines is 1. The van der Waals surface area contributed by atoms with Crippen LogP contribution in [0.2, 0.25) is 0 Å². The summed E-state index contributed by atoms with van der Waals surface area (Å²) in [5.41, 5.74) is 3.16. The Kier molecular flexibility index (Phi) is 3.42. The average molecular weight is 314 g/mol. The molecule has 0 saturated carbocycles. The highest BCUT2D eigenvalue weighted by atomic mass is 79.9. The van der Waals surface area contributed by atoms with E-state index >= 15 is 0 Å². The van der Waals surface area contributed by atoms with Crippen LogP contribution in [0.25, 0.3) is 10.9 Å². The van der Waals surface area contributed by atoms with Gasteiger partial charge >= 0.3 is 0 Å². The van der Waals surface area contributed by atoms with Gasteiger partial charge in [-0.25, -0.2) is 0 Å². The topological polar surface area (TPSA) is 37.8 Å². The lowest BCUT2D eigenvalue weighted by Crippen LogP contribution is -2.01. The van der Waals surface area contributed by atoms with E-state index in [1.807, 2.05) is 30.6 Å². The third kappa shape index (κ3) is 2.74. The number of para-hydroxylation sites is 1. The van der Waals surface area contributed by atoms with Gasteiger partial charge in [0.05, 0.1) is 11.2 Å². The van der Waals surface area contributed by atoms with E-state index in [1.54, 1.807) is 6.20 Å². The highest BCUT2D eigenvalue weighted by Crippen LogP contribution is 2.21. The summed E-state index contributed by atoms with van der Waals surface area (Å²) >= 11 is 3.43. The van der Waals surface area contributed by atoms with Crippen LogP contribution in [-0.2, 0) is 6.54 Å². The number of hydrogen-bond acceptors (Lipinski definition) is 3. The number of benzene rings is 1. The smallest absolute Gasteiger partial charge is 0.0933 e. The molecule has 0 atom stereocenters. The van der Waals surface area contributed by atoms with Crippen molar-refractivity contribution in [3.63, 3.8) is 0 Å². The molecule has 3 rings (SSSR count). The predicted molar refractivity (Wildman–Crippen MR) is 81.0 cm³/mol. The molecule has 2 heterocycles. The molecule has 0 saturated heterocycles. The van der Waals surface area contributed by atoms with Crippen molar-refractivity contribution in [1.82, 2.24) is 9.97 Å². The number of aromatic nitrogens is 2. The molecular weight excluding hydrogens is 302 g/mol. The Hall–Kier alpha value is -1.94. The Bertz CT molecular complexity index is 707. The molecular formula is C15H12BrN3. The summed E-state index contributed by atoms with van der Waals surface area (Å²) in [6.45, 7) is 0.724. The van der Waals surface area contributed by atoms with Gasteiger partial charge < -0.3 is 5.32 Å². The number of halogens is 1. The monoisotopic (exact) mass is 313 g/mol. The third-order valence-corrected chi connectivity index (χ3v) is 3.31. The van der Waals surface area contributed by atoms with Crippen molar-refractivity contribution in [2.75, 3.05) is 5.32 Å². The van der Waals surface area contributed by atoms with Gasteiger partial charge in [-0.2, -0.15) is 0 Å². The number of nitrogens with one attached hydrogen (secondary N) is 1. The molecule has 0 bridgehead atoms. The maximum absolute atomic E-state index is 4.42. The Morgan fingerprint density at radius 2 is 2.00 bits per heavy atom. The molecule has 4 heteroatoms. The highest BCUT2D eigenvalue weighted by Gasteiger charge is 2.01. The van der Waals surface area contributed by atoms with Crippen molar-refractivity contribution in [3.8, 4) is 0 Å². The van der Waals surface area contributed by atoms with Crippen molar-refractivity contribution < 1.29 is 0 Å². The Morgan fingerprint density at radius 1 is 1.11 bits per heavy atom. The molecule has 19 heavy (non-hydrogen) atoms. The van der Waals surface area contributed by atoms with E-state index < -0.39 is 0 Å². The molecule has 0 fully saturated rings. The van der Waals surface area contributed by atoms with E-state index in [0.717, 1.165) is 33.2 Å². The first-order chi connectivity index (χ1) is 9.33. The van der Waals surface area contributed by atoms with Crippen LogP contribution in [-0.4, -0.2) is 9.97 Å². The van der Waals surface area contributed by atoms with E-state index in [9.17, 15) is 0 Å². The van der Waals surface area contributed by atoms with Crippen LogP contribution in [0, 0.1) is 0 Å². The first-order valence-corrected chi connectivity index (χ1v) is 6.79. The number of fused-ring (bicyclic) bond motifs is 1. The normalized spacial score (nSPS) is 10.6. The molecule has 3 nitrogen and oxygen atoms in total. The summed E-state index contributed by atoms with van der Waals surface area (Å²) in [6, 6.07) is 12.2. The first kappa shape index (κ1) is 12.1. The van der Waals surface area contributed by atoms with Crippen LogP contribution < -0.4 is 5.32 Å². The molecule has 3 aromatic rings. The number of hydrogen-bond donors (Lipinski definition) is 1. The second kappa shape index (κ2) is 5.36. The fourth-order valence-electron chi connectivity index (χ4n) is 2.00. The maximum atomic E-state index is 4.42. The fourth-order valence-corrected chi connectivity index (χ4v) is 2.41. The zero-order chi connectivity index (χ0) is 13.1. The van der Waals surface area contributed by atoms with Crippen LogP contribution in [0.4, 0.5) is 5.69 Å². The second-order valence-corrected chi connectivity index (χ2v) is 5.16. The quantitative estimate of drug-likeness (QED) is 0.794. The van der Waals surface area contributed by atoms with Crippen molar-refractivity contribution in [2.24, 2.45) is 0 Å². The van der Waals surface area contributed by atoms with Crippen LogP contribution in [0.1, 0.15) is 5.56 Å². The van der Waals surface area contributed by atoms with Gasteiger partial charge in [0.15, 0.2) is 0 Å². The number of nitrogens with zero attached hydrogens (tertiary/aromatic N) is 2. The second-order valence-electron chi connectivity index (χ2n) is 4.25. The van der Waals surface area contributed by atoms with E-state index in [2.05, 4.69) is 49.4 Å². The van der Waals surface area contributed by atoms with Gasteiger partial charge in [-0.3, -0.25) is 9.97 Å². The lowest BCUT2D eigenvalue weighted by molar-refractivity contribution is 1.11. The van der Waals surface area contributed by atoms with Gasteiger partial charge in [0.25, 0.3) is 0 Å². The third-order valence-electron chi connectivity index (χ3n) is 2.88. The van der Waals surface area contributed by atoms with Gasteiger partial charge in [-0.05, 0) is 39.7 Å². The van der Waals surface area contributed by atoms with Crippen LogP contribution >= 0.6 is 15.9 Å². The zero-order valence-electron chi connectivity index (χ0n) is 10.2. The number of pyridine rings is 2. The molecule has 0 aliphatic rings. The minimum Gasteiger partial charge on any atom is -0.379 e. The highest BCUT2D eigenvalue weighted by molar-refractivity contribution is 9.10. The summed E-state index contributed by atoms with van der Waals surface area (Å²) in [5, 5.41) is 4.55. The van der Waals surface area contributed by atoms with Crippen LogP contribution in [0.15, 0.2) is 59.5 Å². The summed E-state index contributed by atoms with van der Waals surface area (Å²) in [6.07, 6.45) is 5.45. The Balaban J connectivity index is 1.86.